The van der Waals surface area contributed by atoms with Gasteiger partial charge in [0.15, 0.2) is 0 Å². The van der Waals surface area contributed by atoms with E-state index in [1.165, 1.54) is 0 Å². The van der Waals surface area contributed by atoms with Crippen molar-refractivity contribution in [3.8, 4) is 0 Å². The molecule has 1 saturated heterocycles. The quantitative estimate of drug-likeness (QED) is 0.553. The van der Waals surface area contributed by atoms with Crippen molar-refractivity contribution < 1.29 is 24.4 Å². The average molecular weight is 263 g/mol. The van der Waals surface area contributed by atoms with E-state index in [2.05, 4.69) is 4.90 Å². The summed E-state index contributed by atoms with van der Waals surface area (Å²) in [5.41, 5.74) is 0. The summed E-state index contributed by atoms with van der Waals surface area (Å²) in [5, 5.41) is 18.9. The maximum absolute atomic E-state index is 9.84. The third-order valence-electron chi connectivity index (χ3n) is 2.82. The van der Waals surface area contributed by atoms with Gasteiger partial charge in [-0.05, 0) is 6.92 Å². The summed E-state index contributed by atoms with van der Waals surface area (Å²) in [7, 11) is 1.62. The molecule has 0 amide bonds. The molecule has 3 atom stereocenters. The fraction of sp³-hybridized carbons (Fsp3) is 1.00. The van der Waals surface area contributed by atoms with Crippen LogP contribution in [0.5, 0.6) is 0 Å². The van der Waals surface area contributed by atoms with Crippen LogP contribution in [0.4, 0.5) is 0 Å². The van der Waals surface area contributed by atoms with Gasteiger partial charge in [0.05, 0.1) is 44.7 Å². The van der Waals surface area contributed by atoms with Gasteiger partial charge in [0, 0.05) is 26.7 Å². The fourth-order valence-corrected chi connectivity index (χ4v) is 2.10. The molecule has 0 aromatic rings. The van der Waals surface area contributed by atoms with Gasteiger partial charge in [-0.3, -0.25) is 4.90 Å². The van der Waals surface area contributed by atoms with Crippen molar-refractivity contribution in [1.29, 1.82) is 0 Å². The number of aliphatic hydroxyl groups excluding tert-OH is 2. The summed E-state index contributed by atoms with van der Waals surface area (Å²) in [6, 6.07) is 0. The minimum Gasteiger partial charge on any atom is -0.394 e. The number of hydrogen-bond acceptors (Lipinski definition) is 6. The summed E-state index contributed by atoms with van der Waals surface area (Å²) in [5.74, 6) is 0. The lowest BCUT2D eigenvalue weighted by molar-refractivity contribution is -0.105. The molecule has 0 spiro atoms. The lowest BCUT2D eigenvalue weighted by Crippen LogP contribution is -2.50. The average Bonchev–Trinajstić information content (AvgIpc) is 2.34. The van der Waals surface area contributed by atoms with Crippen LogP contribution in [-0.2, 0) is 14.2 Å². The molecule has 0 aliphatic carbocycles. The minimum atomic E-state index is -0.522. The van der Waals surface area contributed by atoms with Crippen molar-refractivity contribution in [3.63, 3.8) is 0 Å². The van der Waals surface area contributed by atoms with E-state index >= 15 is 0 Å². The maximum atomic E-state index is 9.84. The normalized spacial score (nSPS) is 27.3. The smallest absolute Gasteiger partial charge is 0.0936 e. The Balaban J connectivity index is 2.19. The van der Waals surface area contributed by atoms with Crippen molar-refractivity contribution in [3.05, 3.63) is 0 Å². The van der Waals surface area contributed by atoms with Crippen molar-refractivity contribution in [1.82, 2.24) is 4.90 Å². The van der Waals surface area contributed by atoms with Gasteiger partial charge in [0.25, 0.3) is 0 Å². The largest absolute Gasteiger partial charge is 0.394 e. The van der Waals surface area contributed by atoms with E-state index < -0.39 is 6.10 Å². The first-order valence-electron chi connectivity index (χ1n) is 6.39. The van der Waals surface area contributed by atoms with E-state index in [-0.39, 0.29) is 18.8 Å². The lowest BCUT2D eigenvalue weighted by atomic mass is 10.2. The molecule has 1 aliphatic rings. The maximum Gasteiger partial charge on any atom is 0.0936 e. The predicted molar refractivity (Wildman–Crippen MR) is 66.6 cm³/mol. The van der Waals surface area contributed by atoms with Gasteiger partial charge in [-0.2, -0.15) is 0 Å². The molecule has 3 unspecified atom stereocenters. The van der Waals surface area contributed by atoms with Gasteiger partial charge in [0.2, 0.25) is 0 Å². The van der Waals surface area contributed by atoms with Gasteiger partial charge in [-0.1, -0.05) is 0 Å². The molecule has 0 saturated carbocycles. The Morgan fingerprint density at radius 3 is 2.83 bits per heavy atom. The highest BCUT2D eigenvalue weighted by Gasteiger charge is 2.25. The van der Waals surface area contributed by atoms with Crippen LogP contribution in [-0.4, -0.2) is 86.6 Å². The van der Waals surface area contributed by atoms with Crippen LogP contribution >= 0.6 is 0 Å². The summed E-state index contributed by atoms with van der Waals surface area (Å²) in [6.45, 7) is 5.27. The molecule has 18 heavy (non-hydrogen) atoms. The van der Waals surface area contributed by atoms with Crippen LogP contribution in [0.1, 0.15) is 6.92 Å². The van der Waals surface area contributed by atoms with Crippen LogP contribution in [0.25, 0.3) is 0 Å². The number of morpholine rings is 1. The summed E-state index contributed by atoms with van der Waals surface area (Å²) >= 11 is 0. The fourth-order valence-electron chi connectivity index (χ4n) is 2.10. The number of rotatable bonds is 8. The summed E-state index contributed by atoms with van der Waals surface area (Å²) in [4.78, 5) is 2.10. The number of aliphatic hydroxyl groups is 2. The zero-order valence-electron chi connectivity index (χ0n) is 11.2. The molecular weight excluding hydrogens is 238 g/mol. The first-order valence-corrected chi connectivity index (χ1v) is 6.39. The van der Waals surface area contributed by atoms with E-state index in [9.17, 15) is 5.11 Å². The van der Waals surface area contributed by atoms with Gasteiger partial charge in [-0.15, -0.1) is 0 Å². The lowest BCUT2D eigenvalue weighted by Gasteiger charge is -2.36. The van der Waals surface area contributed by atoms with Crippen LogP contribution in [0, 0.1) is 0 Å². The minimum absolute atomic E-state index is 0.0152. The molecule has 6 heteroatoms. The highest BCUT2D eigenvalue weighted by atomic mass is 16.5. The van der Waals surface area contributed by atoms with E-state index in [1.54, 1.807) is 7.11 Å². The topological polar surface area (TPSA) is 71.4 Å². The number of hydrogen-bond donors (Lipinski definition) is 2. The molecule has 0 aromatic heterocycles. The number of β-amino-alcohol motifs (C(OH)–C–C–N with tert-alkyl or cyclic N) is 1. The number of ether oxygens (including phenoxy) is 3. The highest BCUT2D eigenvalue weighted by molar-refractivity contribution is 4.77. The molecule has 2 N–H and O–H groups in total. The van der Waals surface area contributed by atoms with Crippen molar-refractivity contribution in [2.24, 2.45) is 0 Å². The number of nitrogens with zero attached hydrogens (tertiary/aromatic N) is 1. The predicted octanol–water partition coefficient (Wildman–Crippen LogP) is -0.908. The Labute approximate surface area is 108 Å². The standard InChI is InChI=1S/C12H25NO5/c1-10-5-13(7-12(8-14)18-10)6-11(15)9-17-4-3-16-2/h10-12,14-15H,3-9H2,1-2H3. The number of methoxy groups -OCH3 is 1. The van der Waals surface area contributed by atoms with Crippen molar-refractivity contribution in [2.45, 2.75) is 25.2 Å². The summed E-state index contributed by atoms with van der Waals surface area (Å²) < 4.78 is 15.7. The molecule has 1 rings (SSSR count). The van der Waals surface area contributed by atoms with E-state index in [0.717, 1.165) is 6.54 Å². The first kappa shape index (κ1) is 15.8. The van der Waals surface area contributed by atoms with Crippen molar-refractivity contribution in [2.75, 3.05) is 53.2 Å². The Kier molecular flexibility index (Phi) is 7.73. The Morgan fingerprint density at radius 2 is 2.17 bits per heavy atom. The summed E-state index contributed by atoms with van der Waals surface area (Å²) in [6.07, 6.45) is -0.598. The third-order valence-corrected chi connectivity index (χ3v) is 2.82. The van der Waals surface area contributed by atoms with Crippen LogP contribution in [0.15, 0.2) is 0 Å². The van der Waals surface area contributed by atoms with Crippen LogP contribution < -0.4 is 0 Å². The van der Waals surface area contributed by atoms with Crippen molar-refractivity contribution >= 4 is 0 Å². The molecule has 108 valence electrons. The molecule has 0 bridgehead atoms. The van der Waals surface area contributed by atoms with Gasteiger partial charge in [0.1, 0.15) is 0 Å². The molecule has 1 fully saturated rings. The first-order chi connectivity index (χ1) is 8.65. The third kappa shape index (κ3) is 6.08. The monoisotopic (exact) mass is 263 g/mol. The molecule has 0 aromatic carbocycles. The van der Waals surface area contributed by atoms with Gasteiger partial charge < -0.3 is 24.4 Å². The SMILES string of the molecule is COCCOCC(O)CN1CC(C)OC(CO)C1. The molecule has 0 radical (unpaired) electrons. The van der Waals surface area contributed by atoms with E-state index in [4.69, 9.17) is 19.3 Å². The van der Waals surface area contributed by atoms with Crippen LogP contribution in [0.3, 0.4) is 0 Å². The second-order valence-corrected chi connectivity index (χ2v) is 4.69. The van der Waals surface area contributed by atoms with Gasteiger partial charge >= 0.3 is 0 Å². The Morgan fingerprint density at radius 1 is 1.39 bits per heavy atom. The highest BCUT2D eigenvalue weighted by Crippen LogP contribution is 2.11. The molecular formula is C12H25NO5. The van der Waals surface area contributed by atoms with Crippen LogP contribution in [0.2, 0.25) is 0 Å². The van der Waals surface area contributed by atoms with E-state index in [0.29, 0.717) is 32.9 Å². The van der Waals surface area contributed by atoms with E-state index in [1.807, 2.05) is 6.92 Å². The second-order valence-electron chi connectivity index (χ2n) is 4.69. The Hall–Kier alpha value is -0.240. The van der Waals surface area contributed by atoms with Gasteiger partial charge in [-0.25, -0.2) is 0 Å². The zero-order valence-corrected chi connectivity index (χ0v) is 11.2. The Bertz CT molecular complexity index is 217. The second kappa shape index (κ2) is 8.79. The zero-order chi connectivity index (χ0) is 13.4. The molecule has 1 aliphatic heterocycles. The molecule has 1 heterocycles. The molecule has 6 nitrogen and oxygen atoms in total.